The van der Waals surface area contributed by atoms with Crippen molar-refractivity contribution in [3.8, 4) is 11.8 Å². The van der Waals surface area contributed by atoms with Crippen molar-refractivity contribution in [3.63, 3.8) is 0 Å². The summed E-state index contributed by atoms with van der Waals surface area (Å²) in [6, 6.07) is 2.51. The van der Waals surface area contributed by atoms with E-state index in [4.69, 9.17) is 14.6 Å². The summed E-state index contributed by atoms with van der Waals surface area (Å²) in [6.07, 6.45) is 3.04. The van der Waals surface area contributed by atoms with E-state index in [-0.39, 0.29) is 11.7 Å². The van der Waals surface area contributed by atoms with E-state index in [0.717, 1.165) is 11.6 Å². The lowest BCUT2D eigenvalue weighted by molar-refractivity contribution is 0.438. The Labute approximate surface area is 200 Å². The van der Waals surface area contributed by atoms with Crippen molar-refractivity contribution in [3.05, 3.63) is 47.3 Å². The number of hydrogen-bond donors (Lipinski definition) is 3. The van der Waals surface area contributed by atoms with Gasteiger partial charge in [0.25, 0.3) is 0 Å². The largest absolute Gasteiger partial charge is 0.421 e. The van der Waals surface area contributed by atoms with Crippen molar-refractivity contribution >= 4 is 33.4 Å². The summed E-state index contributed by atoms with van der Waals surface area (Å²) in [5.41, 5.74) is 8.98. The molecule has 0 aliphatic carbocycles. The first-order chi connectivity index (χ1) is 17.3. The zero-order chi connectivity index (χ0) is 26.7. The van der Waals surface area contributed by atoms with E-state index in [1.165, 1.54) is 24.0 Å². The molecule has 0 saturated carbocycles. The Morgan fingerprint density at radius 3 is 2.68 bits per heavy atom. The molecule has 34 heavy (non-hydrogen) atoms. The van der Waals surface area contributed by atoms with Gasteiger partial charge in [0.15, 0.2) is 5.75 Å². The van der Waals surface area contributed by atoms with Gasteiger partial charge < -0.3 is 25.7 Å². The number of halogens is 1. The van der Waals surface area contributed by atoms with Crippen molar-refractivity contribution in [1.29, 1.82) is 0 Å². The van der Waals surface area contributed by atoms with Gasteiger partial charge in [0, 0.05) is 35.1 Å². The lowest BCUT2D eigenvalue weighted by Gasteiger charge is -2.39. The molecule has 0 atom stereocenters. The summed E-state index contributed by atoms with van der Waals surface area (Å²) in [4.78, 5) is 22.6. The third kappa shape index (κ3) is 3.79. The highest BCUT2D eigenvalue weighted by atomic mass is 19.1. The number of H-pyrrole nitrogens is 1. The first-order valence-electron chi connectivity index (χ1n) is 12.3. The van der Waals surface area contributed by atoms with Gasteiger partial charge in [-0.05, 0) is 45.4 Å². The zero-order valence-corrected chi connectivity index (χ0v) is 19.3. The smallest absolute Gasteiger partial charge is 0.326 e. The fraction of sp³-hybridized carbons (Fsp3) is 0.333. The number of rotatable bonds is 5. The summed E-state index contributed by atoms with van der Waals surface area (Å²) >= 11 is 0. The van der Waals surface area contributed by atoms with Crippen LogP contribution in [-0.4, -0.2) is 50.5 Å². The molecule has 1 fully saturated rings. The summed E-state index contributed by atoms with van der Waals surface area (Å²) < 4.78 is 43.3. The molecule has 5 rings (SSSR count). The highest BCUT2D eigenvalue weighted by Crippen LogP contribution is 2.39. The molecular formula is C24H27FN8O. The van der Waals surface area contributed by atoms with Crippen LogP contribution in [0.15, 0.2) is 35.7 Å². The number of ether oxygens (including phenoxy) is 1. The maximum atomic E-state index is 14.7. The van der Waals surface area contributed by atoms with E-state index >= 15 is 0 Å². The molecule has 4 heterocycles. The van der Waals surface area contributed by atoms with Crippen molar-refractivity contribution in [1.82, 2.24) is 24.9 Å². The van der Waals surface area contributed by atoms with Gasteiger partial charge in [0.05, 0.1) is 29.0 Å². The Balaban J connectivity index is 1.66. The number of aryl methyl sites for hydroxylation is 1. The van der Waals surface area contributed by atoms with Crippen LogP contribution >= 0.6 is 0 Å². The maximum Gasteiger partial charge on any atom is 0.326 e. The Morgan fingerprint density at radius 2 is 2.00 bits per heavy atom. The van der Waals surface area contributed by atoms with E-state index in [1.807, 2.05) is 25.7 Å². The molecule has 1 aliphatic rings. The van der Waals surface area contributed by atoms with Crippen LogP contribution in [-0.2, 0) is 0 Å². The normalized spacial score (nSPS) is 15.6. The highest BCUT2D eigenvalue weighted by Gasteiger charge is 2.31. The Bertz CT molecular complexity index is 1530. The lowest BCUT2D eigenvalue weighted by atomic mass is 9.88. The summed E-state index contributed by atoms with van der Waals surface area (Å²) in [7, 11) is 0. The lowest BCUT2D eigenvalue weighted by Crippen LogP contribution is -2.45. The van der Waals surface area contributed by atoms with Gasteiger partial charge >= 0.3 is 6.01 Å². The predicted molar refractivity (Wildman–Crippen MR) is 131 cm³/mol. The molecule has 0 radical (unpaired) electrons. The van der Waals surface area contributed by atoms with Crippen LogP contribution in [0, 0.1) is 12.7 Å². The van der Waals surface area contributed by atoms with Gasteiger partial charge in [-0.2, -0.15) is 9.97 Å². The summed E-state index contributed by atoms with van der Waals surface area (Å²) in [6.45, 7) is 6.33. The number of nitrogens with zero attached hydrogens (tertiary/aromatic N) is 5. The van der Waals surface area contributed by atoms with Gasteiger partial charge in [-0.3, -0.25) is 0 Å². The molecule has 176 valence electrons. The molecule has 0 spiro atoms. The fourth-order valence-corrected chi connectivity index (χ4v) is 3.99. The van der Waals surface area contributed by atoms with Crippen molar-refractivity contribution in [2.24, 2.45) is 5.73 Å². The van der Waals surface area contributed by atoms with Crippen LogP contribution in [0.25, 0.3) is 21.9 Å². The molecule has 4 aromatic rings. The third-order valence-corrected chi connectivity index (χ3v) is 6.15. The minimum absolute atomic E-state index is 0.0422. The Hall–Kier alpha value is -3.79. The van der Waals surface area contributed by atoms with Crippen molar-refractivity contribution in [2.75, 3.05) is 30.3 Å². The molecule has 4 N–H and O–H groups in total. The summed E-state index contributed by atoms with van der Waals surface area (Å²) in [5.74, 6) is 0.881. The number of nitrogens with one attached hydrogen (secondary N) is 2. The molecule has 0 unspecified atom stereocenters. The molecule has 9 nitrogen and oxygen atoms in total. The second kappa shape index (κ2) is 7.91. The van der Waals surface area contributed by atoms with Crippen molar-refractivity contribution < 1.29 is 13.2 Å². The minimum Gasteiger partial charge on any atom is -0.421 e. The van der Waals surface area contributed by atoms with Crippen LogP contribution in [0.4, 0.5) is 15.9 Å². The maximum absolute atomic E-state index is 14.7. The second-order valence-electron chi connectivity index (χ2n) is 9.05. The van der Waals surface area contributed by atoms with Gasteiger partial charge in [0.2, 0.25) is 0 Å². The summed E-state index contributed by atoms with van der Waals surface area (Å²) in [5, 5.41) is 3.41. The minimum atomic E-state index is -2.52. The van der Waals surface area contributed by atoms with Crippen LogP contribution < -0.4 is 20.7 Å². The average molecular weight is 466 g/mol. The highest BCUT2D eigenvalue weighted by molar-refractivity contribution is 6.14. The molecule has 3 aromatic heterocycles. The first kappa shape index (κ1) is 18.6. The third-order valence-electron chi connectivity index (χ3n) is 6.15. The van der Waals surface area contributed by atoms with Crippen molar-refractivity contribution in [2.45, 2.75) is 33.2 Å². The van der Waals surface area contributed by atoms with E-state index in [9.17, 15) is 4.39 Å². The second-order valence-corrected chi connectivity index (χ2v) is 9.05. The molecule has 10 heteroatoms. The van der Waals surface area contributed by atoms with E-state index < -0.39 is 18.3 Å². The predicted octanol–water partition coefficient (Wildman–Crippen LogP) is 4.06. The molecule has 1 aliphatic heterocycles. The number of aromatic nitrogens is 5. The molecule has 0 amide bonds. The van der Waals surface area contributed by atoms with Crippen LogP contribution in [0.2, 0.25) is 0 Å². The zero-order valence-electron chi connectivity index (χ0n) is 22.3. The van der Waals surface area contributed by atoms with E-state index in [0.29, 0.717) is 52.4 Å². The topological polar surface area (TPSA) is 118 Å². The van der Waals surface area contributed by atoms with Gasteiger partial charge in [-0.25, -0.2) is 14.4 Å². The molecule has 1 aromatic carbocycles. The number of fused-ring (bicyclic) bond motifs is 3. The number of anilines is 2. The van der Waals surface area contributed by atoms with Gasteiger partial charge in [0.1, 0.15) is 23.1 Å². The number of nitrogens with two attached hydrogens (primary N) is 1. The van der Waals surface area contributed by atoms with E-state index in [2.05, 4.69) is 30.2 Å². The van der Waals surface area contributed by atoms with Crippen LogP contribution in [0.1, 0.15) is 30.7 Å². The Morgan fingerprint density at radius 1 is 1.26 bits per heavy atom. The number of aromatic amines is 1. The monoisotopic (exact) mass is 465 g/mol. The first-order valence-corrected chi connectivity index (χ1v) is 10.8. The molecular weight excluding hydrogens is 435 g/mol. The molecule has 1 saturated heterocycles. The SMILES string of the molecule is [2H]C([2H])([2H])Nc1cc(F)cc2c1[nH]c1nc(Oc3cnc(C)nc3)nc(N3CC(=C(C)C(C)(C)N)C3)c12. The number of hydrogen-bond acceptors (Lipinski definition) is 8. The van der Waals surface area contributed by atoms with E-state index in [1.54, 1.807) is 6.92 Å². The van der Waals surface area contributed by atoms with Gasteiger partial charge in [-0.1, -0.05) is 5.57 Å². The number of benzene rings is 1. The Kier molecular flexibility index (Phi) is 4.33. The average Bonchev–Trinajstić information content (AvgIpc) is 3.11. The quantitative estimate of drug-likeness (QED) is 0.378. The van der Waals surface area contributed by atoms with Crippen LogP contribution in [0.3, 0.4) is 0 Å². The fourth-order valence-electron chi connectivity index (χ4n) is 3.99. The van der Waals surface area contributed by atoms with Gasteiger partial charge in [-0.15, -0.1) is 0 Å². The standard InChI is InChI=1S/C24H27FN8O/c1-12(24(3,4)26)14-10-33(11-14)22-19-17-6-15(25)7-18(27-5)20(17)30-21(19)31-23(32-22)34-16-8-28-13(2)29-9-16/h6-9,27H,10-11,26H2,1-5H3,(H,30,31,32)/i5D3. The van der Waals surface area contributed by atoms with Crippen LogP contribution in [0.5, 0.6) is 11.8 Å². The molecule has 0 bridgehead atoms.